The van der Waals surface area contributed by atoms with Gasteiger partial charge in [-0.15, -0.1) is 0 Å². The lowest BCUT2D eigenvalue weighted by molar-refractivity contribution is -0.153. The summed E-state index contributed by atoms with van der Waals surface area (Å²) in [6.45, 7) is 1.25. The predicted octanol–water partition coefficient (Wildman–Crippen LogP) is 1.03. The molecule has 2 fully saturated rings. The molecule has 1 atom stereocenters. The molecule has 2 aliphatic heterocycles. The molecule has 2 saturated heterocycles. The maximum Gasteiger partial charge on any atom is 0.251 e. The third kappa shape index (κ3) is 2.88. The van der Waals surface area contributed by atoms with Gasteiger partial charge in [0.1, 0.15) is 5.54 Å². The Labute approximate surface area is 141 Å². The summed E-state index contributed by atoms with van der Waals surface area (Å²) >= 11 is 0. The molecule has 2 aliphatic rings. The van der Waals surface area contributed by atoms with Crippen molar-refractivity contribution in [2.45, 2.75) is 31.2 Å². The second kappa shape index (κ2) is 6.63. The molecular formula is C18H23N3O3. The van der Waals surface area contributed by atoms with Crippen molar-refractivity contribution in [3.8, 4) is 0 Å². The molecule has 128 valence electrons. The number of likely N-dealkylation sites (N-methyl/N-ethyl adjacent to an activating group) is 1. The zero-order chi connectivity index (χ0) is 17.2. The summed E-state index contributed by atoms with van der Waals surface area (Å²) in [5.74, 6) is -0.418. The average molecular weight is 329 g/mol. The molecule has 3 amide bonds. The molecule has 0 aliphatic carbocycles. The quantitative estimate of drug-likeness (QED) is 0.900. The fourth-order valence-corrected chi connectivity index (χ4v) is 3.84. The molecule has 1 aromatic rings. The fourth-order valence-electron chi connectivity index (χ4n) is 3.84. The van der Waals surface area contributed by atoms with Crippen molar-refractivity contribution < 1.29 is 14.4 Å². The highest BCUT2D eigenvalue weighted by Crippen LogP contribution is 2.37. The second-order valence-corrected chi connectivity index (χ2v) is 6.56. The van der Waals surface area contributed by atoms with E-state index in [1.807, 2.05) is 6.07 Å². The number of benzene rings is 1. The molecule has 24 heavy (non-hydrogen) atoms. The first-order valence-electron chi connectivity index (χ1n) is 8.44. The number of piperidine rings is 1. The largest absolute Gasteiger partial charge is 0.344 e. The molecule has 0 aromatic heterocycles. The average Bonchev–Trinajstić information content (AvgIpc) is 3.02. The molecule has 6 heteroatoms. The number of amides is 3. The smallest absolute Gasteiger partial charge is 0.251 e. The van der Waals surface area contributed by atoms with E-state index in [2.05, 4.69) is 5.32 Å². The van der Waals surface area contributed by atoms with Gasteiger partial charge in [0, 0.05) is 25.7 Å². The minimum absolute atomic E-state index is 0.0361. The van der Waals surface area contributed by atoms with E-state index < -0.39 is 5.54 Å². The van der Waals surface area contributed by atoms with Crippen molar-refractivity contribution in [1.29, 1.82) is 0 Å². The highest BCUT2D eigenvalue weighted by molar-refractivity contribution is 5.98. The molecule has 1 N–H and O–H groups in total. The van der Waals surface area contributed by atoms with Crippen LogP contribution in [0.15, 0.2) is 30.3 Å². The van der Waals surface area contributed by atoms with Gasteiger partial charge in [-0.25, -0.2) is 0 Å². The highest BCUT2D eigenvalue weighted by Gasteiger charge is 2.51. The van der Waals surface area contributed by atoms with Crippen LogP contribution in [0.1, 0.15) is 36.0 Å². The molecule has 1 unspecified atom stereocenters. The van der Waals surface area contributed by atoms with Crippen LogP contribution in [0.5, 0.6) is 0 Å². The first-order chi connectivity index (χ1) is 11.5. The minimum Gasteiger partial charge on any atom is -0.344 e. The normalized spacial score (nSPS) is 23.6. The number of rotatable bonds is 3. The van der Waals surface area contributed by atoms with E-state index in [4.69, 9.17) is 0 Å². The van der Waals surface area contributed by atoms with Gasteiger partial charge in [0.15, 0.2) is 0 Å². The van der Waals surface area contributed by atoms with Crippen LogP contribution < -0.4 is 5.32 Å². The summed E-state index contributed by atoms with van der Waals surface area (Å²) in [5, 5.41) is 2.67. The Bertz CT molecular complexity index is 646. The number of nitrogens with zero attached hydrogens (tertiary/aromatic N) is 2. The topological polar surface area (TPSA) is 69.7 Å². The fraction of sp³-hybridized carbons (Fsp3) is 0.500. The Morgan fingerprint density at radius 2 is 1.79 bits per heavy atom. The van der Waals surface area contributed by atoms with E-state index in [-0.39, 0.29) is 24.3 Å². The lowest BCUT2D eigenvalue weighted by Gasteiger charge is -2.43. The van der Waals surface area contributed by atoms with Gasteiger partial charge in [-0.2, -0.15) is 0 Å². The Morgan fingerprint density at radius 1 is 1.12 bits per heavy atom. The molecule has 1 spiro atoms. The van der Waals surface area contributed by atoms with Gasteiger partial charge >= 0.3 is 0 Å². The molecule has 6 nitrogen and oxygen atoms in total. The zero-order valence-electron chi connectivity index (χ0n) is 14.0. The Balaban J connectivity index is 1.66. The maximum atomic E-state index is 12.7. The second-order valence-electron chi connectivity index (χ2n) is 6.56. The van der Waals surface area contributed by atoms with E-state index >= 15 is 0 Å². The summed E-state index contributed by atoms with van der Waals surface area (Å²) in [5.41, 5.74) is -0.170. The number of likely N-dealkylation sites (tertiary alicyclic amines) is 2. The van der Waals surface area contributed by atoms with Crippen LogP contribution in [0, 0.1) is 0 Å². The lowest BCUT2D eigenvalue weighted by Crippen LogP contribution is -2.61. The van der Waals surface area contributed by atoms with Gasteiger partial charge in [0.05, 0.1) is 6.54 Å². The van der Waals surface area contributed by atoms with Crippen molar-refractivity contribution in [2.75, 3.05) is 26.7 Å². The number of hydrogen-bond acceptors (Lipinski definition) is 3. The van der Waals surface area contributed by atoms with Crippen LogP contribution in [0.2, 0.25) is 0 Å². The Morgan fingerprint density at radius 3 is 2.50 bits per heavy atom. The predicted molar refractivity (Wildman–Crippen MR) is 89.3 cm³/mol. The molecule has 0 saturated carbocycles. The summed E-state index contributed by atoms with van der Waals surface area (Å²) in [7, 11) is 1.79. The first kappa shape index (κ1) is 16.5. The van der Waals surface area contributed by atoms with Gasteiger partial charge in [-0.3, -0.25) is 14.4 Å². The number of carbonyl (C=O) groups is 3. The van der Waals surface area contributed by atoms with Gasteiger partial charge in [0.2, 0.25) is 11.8 Å². The number of nitrogens with one attached hydrogen (secondary N) is 1. The highest BCUT2D eigenvalue weighted by atomic mass is 16.2. The molecular weight excluding hydrogens is 306 g/mol. The lowest BCUT2D eigenvalue weighted by atomic mass is 9.85. The standard InChI is InChI=1S/C18H23N3O3/c1-20-11-5-9-18(17(20)24)10-6-12-21(18)15(22)13-19-16(23)14-7-3-2-4-8-14/h2-4,7-8H,5-6,9-13H2,1H3,(H,19,23). The molecule has 1 aromatic carbocycles. The summed E-state index contributed by atoms with van der Waals surface area (Å²) in [6, 6.07) is 8.81. The van der Waals surface area contributed by atoms with Crippen molar-refractivity contribution in [3.05, 3.63) is 35.9 Å². The third-order valence-corrected chi connectivity index (χ3v) is 5.05. The van der Waals surface area contributed by atoms with Crippen LogP contribution in [0.25, 0.3) is 0 Å². The van der Waals surface area contributed by atoms with Crippen LogP contribution >= 0.6 is 0 Å². The van der Waals surface area contributed by atoms with Gasteiger partial charge < -0.3 is 15.1 Å². The van der Waals surface area contributed by atoms with Crippen molar-refractivity contribution in [1.82, 2.24) is 15.1 Å². The van der Waals surface area contributed by atoms with E-state index in [1.54, 1.807) is 41.1 Å². The van der Waals surface area contributed by atoms with Crippen LogP contribution in [-0.4, -0.2) is 59.7 Å². The Hall–Kier alpha value is -2.37. The van der Waals surface area contributed by atoms with Crippen molar-refractivity contribution >= 4 is 17.7 Å². The molecule has 0 radical (unpaired) electrons. The molecule has 2 heterocycles. The Kier molecular flexibility index (Phi) is 4.55. The van der Waals surface area contributed by atoms with E-state index in [9.17, 15) is 14.4 Å². The SMILES string of the molecule is CN1CCCC2(CCCN2C(=O)CNC(=O)c2ccccc2)C1=O. The van der Waals surface area contributed by atoms with Crippen LogP contribution in [-0.2, 0) is 9.59 Å². The molecule has 0 bridgehead atoms. The van der Waals surface area contributed by atoms with Crippen LogP contribution in [0.4, 0.5) is 0 Å². The van der Waals surface area contributed by atoms with Crippen molar-refractivity contribution in [2.24, 2.45) is 0 Å². The van der Waals surface area contributed by atoms with Crippen LogP contribution in [0.3, 0.4) is 0 Å². The van der Waals surface area contributed by atoms with E-state index in [0.29, 0.717) is 24.9 Å². The van der Waals surface area contributed by atoms with Crippen molar-refractivity contribution in [3.63, 3.8) is 0 Å². The molecule has 3 rings (SSSR count). The zero-order valence-corrected chi connectivity index (χ0v) is 14.0. The maximum absolute atomic E-state index is 12.7. The summed E-state index contributed by atoms with van der Waals surface area (Å²) in [4.78, 5) is 40.8. The van der Waals surface area contributed by atoms with Gasteiger partial charge in [-0.05, 0) is 37.8 Å². The summed E-state index contributed by atoms with van der Waals surface area (Å²) < 4.78 is 0. The number of carbonyl (C=O) groups excluding carboxylic acids is 3. The third-order valence-electron chi connectivity index (χ3n) is 5.05. The van der Waals surface area contributed by atoms with Gasteiger partial charge in [0.25, 0.3) is 5.91 Å². The van der Waals surface area contributed by atoms with E-state index in [1.165, 1.54) is 0 Å². The number of hydrogen-bond donors (Lipinski definition) is 1. The minimum atomic E-state index is -0.693. The van der Waals surface area contributed by atoms with Gasteiger partial charge in [-0.1, -0.05) is 18.2 Å². The monoisotopic (exact) mass is 329 g/mol. The first-order valence-corrected chi connectivity index (χ1v) is 8.44. The van der Waals surface area contributed by atoms with E-state index in [0.717, 1.165) is 19.4 Å². The summed E-state index contributed by atoms with van der Waals surface area (Å²) in [6.07, 6.45) is 3.17.